The van der Waals surface area contributed by atoms with Gasteiger partial charge in [0.2, 0.25) is 0 Å². The maximum Gasteiger partial charge on any atom is 0.182 e. The Morgan fingerprint density at radius 3 is 2.62 bits per heavy atom. The van der Waals surface area contributed by atoms with Gasteiger partial charge in [0.15, 0.2) is 5.11 Å². The Hall–Kier alpha value is -1.49. The molecule has 0 aliphatic rings. The molecule has 0 heterocycles. The molecule has 0 fully saturated rings. The van der Waals surface area contributed by atoms with Gasteiger partial charge < -0.3 is 10.5 Å². The minimum Gasteiger partial charge on any atom is -0.497 e. The number of nitrogens with two attached hydrogens (primary N) is 1. The highest BCUT2D eigenvalue weighted by molar-refractivity contribution is 7.80. The summed E-state index contributed by atoms with van der Waals surface area (Å²) in [7, 11) is 1.65. The molecule has 0 aromatic heterocycles. The first-order valence-electron chi connectivity index (χ1n) is 5.04. The SMILES string of the molecule is COc1ccc(NNC(N)=S)c(C(C)C)c1. The second-order valence-corrected chi connectivity index (χ2v) is 4.16. The molecule has 0 aliphatic carbocycles. The average Bonchev–Trinajstić information content (AvgIpc) is 2.25. The summed E-state index contributed by atoms with van der Waals surface area (Å²) in [6, 6.07) is 5.81. The van der Waals surface area contributed by atoms with Crippen LogP contribution in [0.3, 0.4) is 0 Å². The van der Waals surface area contributed by atoms with E-state index < -0.39 is 0 Å². The van der Waals surface area contributed by atoms with E-state index in [1.54, 1.807) is 7.11 Å². The molecule has 0 spiro atoms. The van der Waals surface area contributed by atoms with E-state index in [2.05, 4.69) is 24.7 Å². The van der Waals surface area contributed by atoms with Crippen molar-refractivity contribution in [3.05, 3.63) is 23.8 Å². The molecule has 88 valence electrons. The van der Waals surface area contributed by atoms with Crippen LogP contribution in [0.1, 0.15) is 25.3 Å². The van der Waals surface area contributed by atoms with Gasteiger partial charge in [0.1, 0.15) is 5.75 Å². The number of hydrazine groups is 1. The third-order valence-corrected chi connectivity index (χ3v) is 2.30. The normalized spacial score (nSPS) is 10.0. The van der Waals surface area contributed by atoms with E-state index in [0.29, 0.717) is 5.92 Å². The van der Waals surface area contributed by atoms with Crippen molar-refractivity contribution in [2.24, 2.45) is 5.73 Å². The van der Waals surface area contributed by atoms with E-state index in [4.69, 9.17) is 22.7 Å². The average molecular weight is 239 g/mol. The summed E-state index contributed by atoms with van der Waals surface area (Å²) in [5.74, 6) is 1.22. The fraction of sp³-hybridized carbons (Fsp3) is 0.364. The summed E-state index contributed by atoms with van der Waals surface area (Å²) in [6.07, 6.45) is 0. The molecule has 0 bridgehead atoms. The van der Waals surface area contributed by atoms with Crippen molar-refractivity contribution in [3.8, 4) is 5.75 Å². The van der Waals surface area contributed by atoms with Crippen LogP contribution in [0, 0.1) is 0 Å². The molecule has 0 radical (unpaired) electrons. The summed E-state index contributed by atoms with van der Waals surface area (Å²) in [6.45, 7) is 4.22. The van der Waals surface area contributed by atoms with Crippen molar-refractivity contribution in [1.29, 1.82) is 0 Å². The lowest BCUT2D eigenvalue weighted by Crippen LogP contribution is -2.34. The number of thiocarbonyl (C=S) groups is 1. The second-order valence-electron chi connectivity index (χ2n) is 3.72. The lowest BCUT2D eigenvalue weighted by atomic mass is 10.0. The number of nitrogens with one attached hydrogen (secondary N) is 2. The van der Waals surface area contributed by atoms with Gasteiger partial charge in [-0.15, -0.1) is 0 Å². The zero-order valence-corrected chi connectivity index (χ0v) is 10.5. The lowest BCUT2D eigenvalue weighted by Gasteiger charge is -2.16. The highest BCUT2D eigenvalue weighted by atomic mass is 32.1. The molecule has 16 heavy (non-hydrogen) atoms. The molecule has 0 aliphatic heterocycles. The molecule has 1 aromatic rings. The zero-order chi connectivity index (χ0) is 12.1. The summed E-state index contributed by atoms with van der Waals surface area (Å²) in [5, 5.41) is 0.213. The van der Waals surface area contributed by atoms with Crippen molar-refractivity contribution in [3.63, 3.8) is 0 Å². The first kappa shape index (κ1) is 12.6. The summed E-state index contributed by atoms with van der Waals surface area (Å²) < 4.78 is 5.19. The fourth-order valence-electron chi connectivity index (χ4n) is 1.39. The van der Waals surface area contributed by atoms with E-state index in [-0.39, 0.29) is 5.11 Å². The summed E-state index contributed by atoms with van der Waals surface area (Å²) in [4.78, 5) is 0. The Kier molecular flexibility index (Phi) is 4.37. The van der Waals surface area contributed by atoms with E-state index in [0.717, 1.165) is 17.0 Å². The van der Waals surface area contributed by atoms with Gasteiger partial charge in [-0.25, -0.2) is 0 Å². The van der Waals surface area contributed by atoms with E-state index in [1.807, 2.05) is 18.2 Å². The van der Waals surface area contributed by atoms with Crippen LogP contribution >= 0.6 is 12.2 Å². The second kappa shape index (κ2) is 5.55. The fourth-order valence-corrected chi connectivity index (χ4v) is 1.44. The van der Waals surface area contributed by atoms with Crippen LogP contribution in [0.15, 0.2) is 18.2 Å². The van der Waals surface area contributed by atoms with Crippen molar-refractivity contribution in [1.82, 2.24) is 5.43 Å². The van der Waals surface area contributed by atoms with Crippen LogP contribution in [0.25, 0.3) is 0 Å². The molecular weight excluding hydrogens is 222 g/mol. The molecule has 5 heteroatoms. The number of anilines is 1. The molecule has 0 unspecified atom stereocenters. The third-order valence-electron chi connectivity index (χ3n) is 2.20. The topological polar surface area (TPSA) is 59.3 Å². The highest BCUT2D eigenvalue weighted by Gasteiger charge is 2.07. The summed E-state index contributed by atoms with van der Waals surface area (Å²) in [5.41, 5.74) is 13.1. The largest absolute Gasteiger partial charge is 0.497 e. The monoisotopic (exact) mass is 239 g/mol. The van der Waals surface area contributed by atoms with Gasteiger partial charge in [-0.05, 0) is 41.9 Å². The third kappa shape index (κ3) is 3.27. The Bertz CT molecular complexity index is 379. The molecule has 0 atom stereocenters. The number of benzene rings is 1. The van der Waals surface area contributed by atoms with E-state index in [9.17, 15) is 0 Å². The first-order chi connectivity index (χ1) is 7.54. The van der Waals surface area contributed by atoms with Crippen LogP contribution in [-0.2, 0) is 0 Å². The number of rotatable bonds is 4. The summed E-state index contributed by atoms with van der Waals surface area (Å²) >= 11 is 4.73. The van der Waals surface area contributed by atoms with Gasteiger partial charge in [0, 0.05) is 0 Å². The minimum absolute atomic E-state index is 0.213. The predicted molar refractivity (Wildman–Crippen MR) is 70.6 cm³/mol. The maximum atomic E-state index is 5.36. The lowest BCUT2D eigenvalue weighted by molar-refractivity contribution is 0.414. The maximum absolute atomic E-state index is 5.36. The predicted octanol–water partition coefficient (Wildman–Crippen LogP) is 1.98. The van der Waals surface area contributed by atoms with E-state index in [1.165, 1.54) is 0 Å². The molecule has 0 saturated carbocycles. The smallest absolute Gasteiger partial charge is 0.182 e. The highest BCUT2D eigenvalue weighted by Crippen LogP contribution is 2.27. The molecule has 1 aromatic carbocycles. The number of ether oxygens (including phenoxy) is 1. The van der Waals surface area contributed by atoms with Crippen LogP contribution in [0.4, 0.5) is 5.69 Å². The molecule has 0 saturated heterocycles. The van der Waals surface area contributed by atoms with Gasteiger partial charge in [0.05, 0.1) is 12.8 Å². The van der Waals surface area contributed by atoms with Crippen molar-refractivity contribution in [2.75, 3.05) is 12.5 Å². The quantitative estimate of drug-likeness (QED) is 0.554. The molecule has 4 N–H and O–H groups in total. The number of hydrogen-bond donors (Lipinski definition) is 3. The van der Waals surface area contributed by atoms with Crippen molar-refractivity contribution in [2.45, 2.75) is 19.8 Å². The number of methoxy groups -OCH3 is 1. The van der Waals surface area contributed by atoms with Gasteiger partial charge in [-0.2, -0.15) is 0 Å². The first-order valence-corrected chi connectivity index (χ1v) is 5.44. The Morgan fingerprint density at radius 2 is 2.12 bits per heavy atom. The molecular formula is C11H17N3OS. The van der Waals surface area contributed by atoms with Gasteiger partial charge in [0.25, 0.3) is 0 Å². The van der Waals surface area contributed by atoms with Crippen LogP contribution in [0.2, 0.25) is 0 Å². The molecule has 0 amide bonds. The van der Waals surface area contributed by atoms with E-state index >= 15 is 0 Å². The number of hydrogen-bond acceptors (Lipinski definition) is 3. The standard InChI is InChI=1S/C11H17N3OS/c1-7(2)9-6-8(15-3)4-5-10(9)13-14-11(12)16/h4-7,13H,1-3H3,(H3,12,14,16). The molecule has 1 rings (SSSR count). The van der Waals surface area contributed by atoms with Gasteiger partial charge in [-0.1, -0.05) is 13.8 Å². The van der Waals surface area contributed by atoms with Crippen molar-refractivity contribution >= 4 is 23.0 Å². The Labute approximate surface area is 101 Å². The Balaban J connectivity index is 2.93. The molecule has 4 nitrogen and oxygen atoms in total. The van der Waals surface area contributed by atoms with Gasteiger partial charge >= 0.3 is 0 Å². The van der Waals surface area contributed by atoms with Crippen LogP contribution in [0.5, 0.6) is 5.75 Å². The zero-order valence-electron chi connectivity index (χ0n) is 9.70. The minimum atomic E-state index is 0.213. The van der Waals surface area contributed by atoms with Crippen LogP contribution < -0.4 is 21.3 Å². The Morgan fingerprint density at radius 1 is 1.44 bits per heavy atom. The van der Waals surface area contributed by atoms with Gasteiger partial charge in [-0.3, -0.25) is 10.9 Å². The van der Waals surface area contributed by atoms with Crippen LogP contribution in [-0.4, -0.2) is 12.2 Å². The van der Waals surface area contributed by atoms with Crippen molar-refractivity contribution < 1.29 is 4.74 Å².